The van der Waals surface area contributed by atoms with E-state index in [-0.39, 0.29) is 0 Å². The van der Waals surface area contributed by atoms with E-state index in [4.69, 9.17) is 0 Å². The maximum atomic E-state index is 13.9. The molecule has 1 rings (SSSR count). The molecule has 16 heteroatoms. The zero-order valence-corrected chi connectivity index (χ0v) is 13.7. The van der Waals surface area contributed by atoms with Crippen molar-refractivity contribution >= 4 is 33.2 Å². The van der Waals surface area contributed by atoms with Gasteiger partial charge in [0.2, 0.25) is 0 Å². The lowest BCUT2D eigenvalue weighted by molar-refractivity contribution is -0.457. The first-order valence-corrected chi connectivity index (χ1v) is 6.87. The zero-order chi connectivity index (χ0) is 21.4. The van der Waals surface area contributed by atoms with E-state index in [0.29, 0.717) is 18.2 Å². The molecular weight excluding hydrogens is 475 g/mol. The number of nitro groups is 1. The fourth-order valence-corrected chi connectivity index (χ4v) is 1.85. The molecule has 27 heavy (non-hydrogen) atoms. The summed E-state index contributed by atoms with van der Waals surface area (Å²) in [6.45, 7) is 0. The summed E-state index contributed by atoms with van der Waals surface area (Å²) in [5, 5.41) is 11.6. The van der Waals surface area contributed by atoms with Crippen molar-refractivity contribution in [3.05, 3.63) is 32.8 Å². The van der Waals surface area contributed by atoms with Gasteiger partial charge in [-0.15, -0.1) is 0 Å². The van der Waals surface area contributed by atoms with Crippen molar-refractivity contribution in [2.75, 3.05) is 5.32 Å². The van der Waals surface area contributed by atoms with Crippen molar-refractivity contribution in [2.24, 2.45) is 0 Å². The monoisotopic (exact) mass is 478 g/mol. The third-order valence-corrected chi connectivity index (χ3v) is 3.32. The van der Waals surface area contributed by atoms with E-state index >= 15 is 0 Å². The number of hydrogen-bond acceptors (Lipinski definition) is 4. The number of halogens is 10. The molecule has 0 aromatic heterocycles. The van der Waals surface area contributed by atoms with E-state index in [1.807, 2.05) is 0 Å². The van der Waals surface area contributed by atoms with Crippen LogP contribution in [0.25, 0.3) is 0 Å². The van der Waals surface area contributed by atoms with Crippen molar-refractivity contribution in [1.29, 1.82) is 0 Å². The van der Waals surface area contributed by atoms with E-state index < -0.39 is 51.0 Å². The minimum atomic E-state index is -6.76. The number of rotatable bonds is 5. The lowest BCUT2D eigenvalue weighted by Gasteiger charge is -2.31. The Hall–Kier alpha value is -2.10. The number of anilines is 1. The molecular formula is C11H4BrF9N2O4. The van der Waals surface area contributed by atoms with E-state index in [0.717, 1.165) is 5.32 Å². The predicted octanol–water partition coefficient (Wildman–Crippen LogP) is 4.70. The van der Waals surface area contributed by atoms with E-state index in [9.17, 15) is 54.4 Å². The second kappa shape index (κ2) is 7.14. The second-order valence-corrected chi connectivity index (χ2v) is 5.44. The summed E-state index contributed by atoms with van der Waals surface area (Å²) in [5.74, 6) is -9.18. The van der Waals surface area contributed by atoms with Gasteiger partial charge in [-0.25, -0.2) is 0 Å². The lowest BCUT2D eigenvalue weighted by Crippen LogP contribution is -2.59. The van der Waals surface area contributed by atoms with Crippen LogP contribution in [0.3, 0.4) is 0 Å². The van der Waals surface area contributed by atoms with Crippen LogP contribution in [0.15, 0.2) is 22.7 Å². The largest absolute Gasteiger partial charge is 0.483 e. The van der Waals surface area contributed by atoms with Gasteiger partial charge < -0.3 is 5.32 Å². The van der Waals surface area contributed by atoms with Crippen LogP contribution >= 0.6 is 15.9 Å². The number of alkyl halides is 9. The molecule has 1 N–H and O–H groups in total. The van der Waals surface area contributed by atoms with Crippen molar-refractivity contribution in [2.45, 2.75) is 24.3 Å². The van der Waals surface area contributed by atoms with Gasteiger partial charge in [-0.2, -0.15) is 39.5 Å². The molecule has 0 aliphatic heterocycles. The van der Waals surface area contributed by atoms with Crippen molar-refractivity contribution in [1.82, 2.24) is 0 Å². The number of non-ortho nitro benzene ring substituents is 1. The van der Waals surface area contributed by atoms with Crippen LogP contribution in [0, 0.1) is 10.1 Å². The topological polar surface area (TPSA) is 81.5 Å². The number of amides is 1. The number of ether oxygens (including phenoxy) is 1. The molecule has 0 spiro atoms. The second-order valence-electron chi connectivity index (χ2n) is 4.58. The van der Waals surface area contributed by atoms with Crippen molar-refractivity contribution in [3.63, 3.8) is 0 Å². The van der Waals surface area contributed by atoms with Crippen LogP contribution < -0.4 is 5.32 Å². The SMILES string of the molecule is O=C(Nc1ccc([N+](=O)[O-])cc1Br)C(F)(OC(F)(F)C(F)(F)F)C(F)(F)F. The number of hydrogen-bond donors (Lipinski definition) is 1. The highest BCUT2D eigenvalue weighted by Gasteiger charge is 2.73. The van der Waals surface area contributed by atoms with E-state index in [1.54, 1.807) is 0 Å². The smallest absolute Gasteiger partial charge is 0.320 e. The molecule has 1 aromatic rings. The fraction of sp³-hybridized carbons (Fsp3) is 0.364. The number of nitro benzene ring substituents is 1. The Balaban J connectivity index is 3.26. The van der Waals surface area contributed by atoms with Crippen LogP contribution in [0.2, 0.25) is 0 Å². The van der Waals surface area contributed by atoms with Gasteiger partial charge in [0.15, 0.2) is 0 Å². The highest BCUT2D eigenvalue weighted by molar-refractivity contribution is 9.10. The van der Waals surface area contributed by atoms with Gasteiger partial charge in [-0.3, -0.25) is 19.6 Å². The fourth-order valence-electron chi connectivity index (χ4n) is 1.39. The van der Waals surface area contributed by atoms with Gasteiger partial charge >= 0.3 is 24.3 Å². The van der Waals surface area contributed by atoms with Crippen LogP contribution in [0.1, 0.15) is 0 Å². The molecule has 0 aliphatic carbocycles. The summed E-state index contributed by atoms with van der Waals surface area (Å²) in [4.78, 5) is 21.0. The molecule has 0 bridgehead atoms. The Labute approximate surface area is 150 Å². The molecule has 1 unspecified atom stereocenters. The van der Waals surface area contributed by atoms with Crippen LogP contribution in [-0.4, -0.2) is 35.1 Å². The highest BCUT2D eigenvalue weighted by Crippen LogP contribution is 2.46. The van der Waals surface area contributed by atoms with E-state index in [1.165, 1.54) is 0 Å². The molecule has 0 saturated heterocycles. The number of nitrogens with zero attached hydrogens (tertiary/aromatic N) is 1. The molecule has 1 aromatic carbocycles. The third-order valence-electron chi connectivity index (χ3n) is 2.67. The molecule has 0 aliphatic rings. The molecule has 1 amide bonds. The summed E-state index contributed by atoms with van der Waals surface area (Å²) in [7, 11) is 0. The Bertz CT molecular complexity index is 752. The number of carbonyl (C=O) groups is 1. The lowest BCUT2D eigenvalue weighted by atomic mass is 10.2. The average Bonchev–Trinajstić information content (AvgIpc) is 2.46. The molecule has 152 valence electrons. The zero-order valence-electron chi connectivity index (χ0n) is 12.1. The van der Waals surface area contributed by atoms with Crippen LogP contribution in [0.4, 0.5) is 50.9 Å². The first kappa shape index (κ1) is 22.9. The number of nitrogens with one attached hydrogen (secondary N) is 1. The first-order chi connectivity index (χ1) is 11.9. The van der Waals surface area contributed by atoms with Crippen LogP contribution in [0.5, 0.6) is 0 Å². The summed E-state index contributed by atoms with van der Waals surface area (Å²) < 4.78 is 115. The molecule has 1 atom stereocenters. The average molecular weight is 479 g/mol. The van der Waals surface area contributed by atoms with Crippen molar-refractivity contribution in [3.8, 4) is 0 Å². The molecule has 0 fully saturated rings. The summed E-state index contributed by atoms with van der Waals surface area (Å²) in [5.41, 5.74) is -1.45. The van der Waals surface area contributed by atoms with Gasteiger partial charge in [0, 0.05) is 16.6 Å². The Morgan fingerprint density at radius 3 is 1.93 bits per heavy atom. The highest BCUT2D eigenvalue weighted by atomic mass is 79.9. The van der Waals surface area contributed by atoms with Gasteiger partial charge in [0.25, 0.3) is 11.6 Å². The first-order valence-electron chi connectivity index (χ1n) is 6.08. The predicted molar refractivity (Wildman–Crippen MR) is 71.4 cm³/mol. The number of carbonyl (C=O) groups excluding carboxylic acids is 1. The quantitative estimate of drug-likeness (QED) is 0.378. The van der Waals surface area contributed by atoms with Gasteiger partial charge in [0.05, 0.1) is 10.6 Å². The van der Waals surface area contributed by atoms with Gasteiger partial charge in [-0.1, -0.05) is 0 Å². The summed E-state index contributed by atoms with van der Waals surface area (Å²) in [6.07, 6.45) is -20.1. The number of benzene rings is 1. The standard InChI is InChI=1S/C11H4BrF9N2O4/c12-5-3-4(23(25)26)1-2-6(5)22-7(24)8(13,9(14,15)16)27-11(20,21)10(17,18)19/h1-3H,(H,22,24). The summed E-state index contributed by atoms with van der Waals surface area (Å²) >= 11 is 2.56. The molecule has 0 saturated carbocycles. The Kier molecular flexibility index (Phi) is 6.07. The Morgan fingerprint density at radius 2 is 1.56 bits per heavy atom. The molecule has 0 heterocycles. The van der Waals surface area contributed by atoms with E-state index in [2.05, 4.69) is 20.7 Å². The van der Waals surface area contributed by atoms with Crippen molar-refractivity contribution < 1.29 is 54.0 Å². The van der Waals surface area contributed by atoms with Gasteiger partial charge in [0.1, 0.15) is 0 Å². The minimum Gasteiger partial charge on any atom is -0.320 e. The minimum absolute atomic E-state index is 0.503. The molecule has 6 nitrogen and oxygen atoms in total. The molecule has 0 radical (unpaired) electrons. The Morgan fingerprint density at radius 1 is 1.04 bits per heavy atom. The van der Waals surface area contributed by atoms with Crippen LogP contribution in [-0.2, 0) is 9.53 Å². The maximum absolute atomic E-state index is 13.9. The normalized spacial score (nSPS) is 15.2. The summed E-state index contributed by atoms with van der Waals surface area (Å²) in [6, 6.07) is 1.83. The third kappa shape index (κ3) is 4.79. The maximum Gasteiger partial charge on any atom is 0.483 e. The van der Waals surface area contributed by atoms with Gasteiger partial charge in [-0.05, 0) is 22.0 Å².